The van der Waals surface area contributed by atoms with Gasteiger partial charge in [-0.25, -0.2) is 0 Å². The summed E-state index contributed by atoms with van der Waals surface area (Å²) in [6.45, 7) is 2.12. The lowest BCUT2D eigenvalue weighted by molar-refractivity contribution is -0.0127. The quantitative estimate of drug-likeness (QED) is 0.603. The first-order valence-corrected chi connectivity index (χ1v) is 4.85. The molecule has 2 aliphatic heterocycles. The van der Waals surface area contributed by atoms with Gasteiger partial charge in [0, 0.05) is 0 Å². The van der Waals surface area contributed by atoms with E-state index in [1.807, 2.05) is 0 Å². The molecule has 0 aliphatic carbocycles. The fourth-order valence-electron chi connectivity index (χ4n) is 2.14. The first-order valence-electron chi connectivity index (χ1n) is 4.85. The molecule has 0 aromatic heterocycles. The summed E-state index contributed by atoms with van der Waals surface area (Å²) in [5.41, 5.74) is 1.30. The summed E-state index contributed by atoms with van der Waals surface area (Å²) in [5, 5.41) is 9.71. The van der Waals surface area contributed by atoms with Crippen LogP contribution in [0.4, 0.5) is 0 Å². The third kappa shape index (κ3) is 1.29. The molecule has 0 amide bonds. The molecule has 2 nitrogen and oxygen atoms in total. The van der Waals surface area contributed by atoms with Gasteiger partial charge in [-0.2, -0.15) is 0 Å². The van der Waals surface area contributed by atoms with Crippen molar-refractivity contribution in [1.82, 2.24) is 0 Å². The highest BCUT2D eigenvalue weighted by molar-refractivity contribution is 5.19. The first kappa shape index (κ1) is 8.27. The number of aliphatic hydroxyl groups is 1. The fraction of sp³-hybridized carbons (Fsp3) is 0.800. The van der Waals surface area contributed by atoms with Gasteiger partial charge in [0.25, 0.3) is 0 Å². The maximum absolute atomic E-state index is 9.71. The molecule has 2 aliphatic rings. The zero-order chi connectivity index (χ0) is 8.55. The minimum absolute atomic E-state index is 0.0162. The van der Waals surface area contributed by atoms with E-state index < -0.39 is 0 Å². The van der Waals surface area contributed by atoms with Crippen LogP contribution in [0.1, 0.15) is 32.6 Å². The van der Waals surface area contributed by atoms with Crippen molar-refractivity contribution in [3.8, 4) is 0 Å². The molecule has 1 saturated heterocycles. The van der Waals surface area contributed by atoms with E-state index >= 15 is 0 Å². The summed E-state index contributed by atoms with van der Waals surface area (Å²) in [4.78, 5) is 0. The minimum Gasteiger partial charge on any atom is -0.390 e. The average Bonchev–Trinajstić information content (AvgIpc) is 2.38. The van der Waals surface area contributed by atoms with Gasteiger partial charge >= 0.3 is 0 Å². The van der Waals surface area contributed by atoms with Crippen molar-refractivity contribution in [1.29, 1.82) is 0 Å². The Bertz CT molecular complexity index is 198. The molecule has 0 unspecified atom stereocenters. The molecule has 0 aromatic carbocycles. The summed E-state index contributed by atoms with van der Waals surface area (Å²) in [7, 11) is 0. The van der Waals surface area contributed by atoms with Gasteiger partial charge in [0.1, 0.15) is 6.10 Å². The van der Waals surface area contributed by atoms with E-state index in [4.69, 9.17) is 4.74 Å². The molecule has 1 N–H and O–H groups in total. The van der Waals surface area contributed by atoms with Crippen molar-refractivity contribution in [2.45, 2.75) is 50.9 Å². The molecule has 2 rings (SSSR count). The second kappa shape index (κ2) is 3.19. The van der Waals surface area contributed by atoms with E-state index in [1.54, 1.807) is 0 Å². The average molecular weight is 168 g/mol. The maximum atomic E-state index is 9.71. The zero-order valence-corrected chi connectivity index (χ0v) is 7.49. The molecular formula is C10H16O2. The van der Waals surface area contributed by atoms with E-state index in [0.717, 1.165) is 25.7 Å². The Labute approximate surface area is 73.2 Å². The second-order valence-electron chi connectivity index (χ2n) is 3.69. The maximum Gasteiger partial charge on any atom is 0.105 e. The van der Waals surface area contributed by atoms with Crippen LogP contribution in [0.25, 0.3) is 0 Å². The summed E-state index contributed by atoms with van der Waals surface area (Å²) in [6.07, 6.45) is 6.34. The molecule has 2 heterocycles. The fourth-order valence-corrected chi connectivity index (χ4v) is 2.14. The van der Waals surface area contributed by atoms with Gasteiger partial charge < -0.3 is 9.84 Å². The van der Waals surface area contributed by atoms with Crippen molar-refractivity contribution in [3.63, 3.8) is 0 Å². The van der Waals surface area contributed by atoms with Crippen LogP contribution in [0.3, 0.4) is 0 Å². The third-order valence-electron chi connectivity index (χ3n) is 2.83. The molecule has 1 fully saturated rings. The van der Waals surface area contributed by atoms with Gasteiger partial charge in [0.2, 0.25) is 0 Å². The molecule has 2 heteroatoms. The Balaban J connectivity index is 2.17. The van der Waals surface area contributed by atoms with Crippen LogP contribution in [0.5, 0.6) is 0 Å². The SMILES string of the molecule is CCC1=C[C@H]2CCC[C@@H](O)[C@@H]1O2. The Morgan fingerprint density at radius 1 is 1.58 bits per heavy atom. The highest BCUT2D eigenvalue weighted by Crippen LogP contribution is 2.32. The van der Waals surface area contributed by atoms with Crippen molar-refractivity contribution in [2.75, 3.05) is 0 Å². The summed E-state index contributed by atoms with van der Waals surface area (Å²) >= 11 is 0. The van der Waals surface area contributed by atoms with Crippen LogP contribution in [0, 0.1) is 0 Å². The predicted octanol–water partition coefficient (Wildman–Crippen LogP) is 1.64. The Morgan fingerprint density at radius 2 is 2.42 bits per heavy atom. The molecule has 2 bridgehead atoms. The van der Waals surface area contributed by atoms with Gasteiger partial charge in [-0.05, 0) is 31.3 Å². The Kier molecular flexibility index (Phi) is 2.20. The highest BCUT2D eigenvalue weighted by Gasteiger charge is 2.33. The van der Waals surface area contributed by atoms with Gasteiger partial charge in [-0.1, -0.05) is 13.0 Å². The van der Waals surface area contributed by atoms with E-state index in [-0.39, 0.29) is 12.2 Å². The molecule has 0 spiro atoms. The first-order chi connectivity index (χ1) is 5.81. The molecule has 12 heavy (non-hydrogen) atoms. The number of ether oxygens (including phenoxy) is 1. The van der Waals surface area contributed by atoms with Gasteiger partial charge in [0.05, 0.1) is 12.2 Å². The van der Waals surface area contributed by atoms with E-state index in [1.165, 1.54) is 5.57 Å². The molecular weight excluding hydrogens is 152 g/mol. The molecule has 0 saturated carbocycles. The van der Waals surface area contributed by atoms with Gasteiger partial charge in [0.15, 0.2) is 0 Å². The summed E-state index contributed by atoms with van der Waals surface area (Å²) in [6, 6.07) is 0. The predicted molar refractivity (Wildman–Crippen MR) is 46.9 cm³/mol. The van der Waals surface area contributed by atoms with Crippen LogP contribution in [0.15, 0.2) is 11.6 Å². The standard InChI is InChI=1S/C10H16O2/c1-2-7-6-8-4-3-5-9(11)10(7)12-8/h6,8-11H,2-5H2,1H3/t8-,9-,10-/m1/s1. The number of hydrogen-bond acceptors (Lipinski definition) is 2. The van der Waals surface area contributed by atoms with E-state index in [0.29, 0.717) is 6.10 Å². The van der Waals surface area contributed by atoms with Crippen LogP contribution >= 0.6 is 0 Å². The van der Waals surface area contributed by atoms with Gasteiger partial charge in [-0.15, -0.1) is 0 Å². The normalized spacial score (nSPS) is 40.8. The van der Waals surface area contributed by atoms with E-state index in [9.17, 15) is 5.11 Å². The number of rotatable bonds is 1. The molecule has 68 valence electrons. The number of aliphatic hydroxyl groups excluding tert-OH is 1. The van der Waals surface area contributed by atoms with Crippen LogP contribution < -0.4 is 0 Å². The summed E-state index contributed by atoms with van der Waals surface area (Å²) in [5.74, 6) is 0. The third-order valence-corrected chi connectivity index (χ3v) is 2.83. The lowest BCUT2D eigenvalue weighted by Gasteiger charge is -2.18. The lowest BCUT2D eigenvalue weighted by atomic mass is 9.96. The molecule has 3 atom stereocenters. The van der Waals surface area contributed by atoms with Crippen LogP contribution in [-0.2, 0) is 4.74 Å². The number of hydrogen-bond donors (Lipinski definition) is 1. The van der Waals surface area contributed by atoms with Gasteiger partial charge in [-0.3, -0.25) is 0 Å². The van der Waals surface area contributed by atoms with Crippen molar-refractivity contribution < 1.29 is 9.84 Å². The molecule has 0 radical (unpaired) electrons. The van der Waals surface area contributed by atoms with Crippen LogP contribution in [-0.4, -0.2) is 23.4 Å². The van der Waals surface area contributed by atoms with E-state index in [2.05, 4.69) is 13.0 Å². The minimum atomic E-state index is -0.260. The van der Waals surface area contributed by atoms with Crippen LogP contribution in [0.2, 0.25) is 0 Å². The monoisotopic (exact) mass is 168 g/mol. The van der Waals surface area contributed by atoms with Crippen molar-refractivity contribution >= 4 is 0 Å². The second-order valence-corrected chi connectivity index (χ2v) is 3.69. The highest BCUT2D eigenvalue weighted by atomic mass is 16.5. The largest absolute Gasteiger partial charge is 0.390 e. The Hall–Kier alpha value is -0.340. The topological polar surface area (TPSA) is 29.5 Å². The van der Waals surface area contributed by atoms with Crippen molar-refractivity contribution in [3.05, 3.63) is 11.6 Å². The Morgan fingerprint density at radius 3 is 3.17 bits per heavy atom. The molecule has 0 aromatic rings. The number of fused-ring (bicyclic) bond motifs is 2. The zero-order valence-electron chi connectivity index (χ0n) is 7.49. The summed E-state index contributed by atoms with van der Waals surface area (Å²) < 4.78 is 5.70. The van der Waals surface area contributed by atoms with Crippen molar-refractivity contribution in [2.24, 2.45) is 0 Å². The lowest BCUT2D eigenvalue weighted by Crippen LogP contribution is -2.26. The smallest absolute Gasteiger partial charge is 0.105 e.